The highest BCUT2D eigenvalue weighted by molar-refractivity contribution is 6.21. The van der Waals surface area contributed by atoms with Crippen molar-refractivity contribution in [1.82, 2.24) is 15.1 Å². The van der Waals surface area contributed by atoms with Crippen molar-refractivity contribution in [2.45, 2.75) is 50.2 Å². The molecule has 0 saturated carbocycles. The van der Waals surface area contributed by atoms with Crippen LogP contribution in [0.5, 0.6) is 0 Å². The lowest BCUT2D eigenvalue weighted by molar-refractivity contribution is -0.132. The maximum absolute atomic E-state index is 12.6. The third-order valence-corrected chi connectivity index (χ3v) is 5.82. The standard InChI is InChI=1S/C19H23N3O3.ClH/c1-21(14-10-12-6-7-13(11-14)20-12)17(23)8-9-22-18(24)15-4-2-3-5-16(15)19(22)25;/h2-5,12-14,20H,6-11H2,1H3;1H. The molecule has 2 unspecified atom stereocenters. The van der Waals surface area contributed by atoms with Crippen molar-refractivity contribution < 1.29 is 14.4 Å². The molecule has 3 heterocycles. The van der Waals surface area contributed by atoms with E-state index in [0.717, 1.165) is 12.8 Å². The molecule has 140 valence electrons. The van der Waals surface area contributed by atoms with Gasteiger partial charge in [0.1, 0.15) is 0 Å². The van der Waals surface area contributed by atoms with Gasteiger partial charge in [-0.15, -0.1) is 12.4 Å². The molecule has 1 aromatic carbocycles. The summed E-state index contributed by atoms with van der Waals surface area (Å²) in [4.78, 5) is 40.3. The number of carbonyl (C=O) groups excluding carboxylic acids is 3. The summed E-state index contributed by atoms with van der Waals surface area (Å²) in [5.74, 6) is -0.588. The first kappa shape index (κ1) is 18.9. The average Bonchev–Trinajstić information content (AvgIpc) is 3.09. The number of rotatable bonds is 4. The summed E-state index contributed by atoms with van der Waals surface area (Å²) in [6.45, 7) is 0.146. The van der Waals surface area contributed by atoms with Gasteiger partial charge in [0.25, 0.3) is 11.8 Å². The Kier molecular flexibility index (Phi) is 5.34. The van der Waals surface area contributed by atoms with Gasteiger partial charge in [-0.2, -0.15) is 0 Å². The highest BCUT2D eigenvalue weighted by Gasteiger charge is 2.38. The molecule has 0 aliphatic carbocycles. The molecule has 2 bridgehead atoms. The Morgan fingerprint density at radius 3 is 2.19 bits per heavy atom. The predicted molar refractivity (Wildman–Crippen MR) is 99.4 cm³/mol. The van der Waals surface area contributed by atoms with E-state index >= 15 is 0 Å². The minimum absolute atomic E-state index is 0. The van der Waals surface area contributed by atoms with Crippen LogP contribution in [0.15, 0.2) is 24.3 Å². The summed E-state index contributed by atoms with van der Waals surface area (Å²) >= 11 is 0. The monoisotopic (exact) mass is 377 g/mol. The van der Waals surface area contributed by atoms with Crippen LogP contribution in [-0.4, -0.2) is 59.2 Å². The van der Waals surface area contributed by atoms with Crippen LogP contribution in [0.3, 0.4) is 0 Å². The van der Waals surface area contributed by atoms with Crippen molar-refractivity contribution in [1.29, 1.82) is 0 Å². The zero-order chi connectivity index (χ0) is 17.6. The quantitative estimate of drug-likeness (QED) is 0.813. The molecule has 3 amide bonds. The van der Waals surface area contributed by atoms with E-state index in [4.69, 9.17) is 0 Å². The number of fused-ring (bicyclic) bond motifs is 3. The second-order valence-corrected chi connectivity index (χ2v) is 7.33. The summed E-state index contributed by atoms with van der Waals surface area (Å²) in [5, 5.41) is 3.58. The minimum atomic E-state index is -0.295. The van der Waals surface area contributed by atoms with E-state index in [-0.39, 0.29) is 49.1 Å². The number of nitrogens with zero attached hydrogens (tertiary/aromatic N) is 2. The zero-order valence-corrected chi connectivity index (χ0v) is 15.6. The SMILES string of the molecule is CN(C(=O)CCN1C(=O)c2ccccc2C1=O)C1CC2CCC(C1)N2.Cl. The summed E-state index contributed by atoms with van der Waals surface area (Å²) in [6.07, 6.45) is 4.55. The largest absolute Gasteiger partial charge is 0.343 e. The molecular formula is C19H24ClN3O3. The van der Waals surface area contributed by atoms with Gasteiger partial charge in [0.2, 0.25) is 5.91 Å². The van der Waals surface area contributed by atoms with Crippen LogP contribution in [0.1, 0.15) is 52.8 Å². The lowest BCUT2D eigenvalue weighted by Crippen LogP contribution is -2.49. The van der Waals surface area contributed by atoms with E-state index in [2.05, 4.69) is 5.32 Å². The normalized spacial score (nSPS) is 26.5. The first-order valence-electron chi connectivity index (χ1n) is 9.01. The molecule has 2 saturated heterocycles. The Labute approximate surface area is 159 Å². The predicted octanol–water partition coefficient (Wildman–Crippen LogP) is 1.84. The topological polar surface area (TPSA) is 69.7 Å². The van der Waals surface area contributed by atoms with Crippen LogP contribution in [0.4, 0.5) is 0 Å². The van der Waals surface area contributed by atoms with Gasteiger partial charge >= 0.3 is 0 Å². The number of piperidine rings is 1. The van der Waals surface area contributed by atoms with E-state index < -0.39 is 0 Å². The molecular weight excluding hydrogens is 354 g/mol. The highest BCUT2D eigenvalue weighted by Crippen LogP contribution is 2.29. The minimum Gasteiger partial charge on any atom is -0.343 e. The van der Waals surface area contributed by atoms with Crippen molar-refractivity contribution in [3.05, 3.63) is 35.4 Å². The molecule has 1 N–H and O–H groups in total. The number of hydrogen-bond acceptors (Lipinski definition) is 4. The third kappa shape index (κ3) is 3.23. The van der Waals surface area contributed by atoms with Gasteiger partial charge < -0.3 is 10.2 Å². The second-order valence-electron chi connectivity index (χ2n) is 7.33. The number of amides is 3. The van der Waals surface area contributed by atoms with Crippen LogP contribution in [-0.2, 0) is 4.79 Å². The van der Waals surface area contributed by atoms with Crippen molar-refractivity contribution in [3.8, 4) is 0 Å². The molecule has 0 aromatic heterocycles. The van der Waals surface area contributed by atoms with Crippen LogP contribution in [0, 0.1) is 0 Å². The van der Waals surface area contributed by atoms with Crippen molar-refractivity contribution >= 4 is 30.1 Å². The van der Waals surface area contributed by atoms with E-state index in [0.29, 0.717) is 23.2 Å². The third-order valence-electron chi connectivity index (χ3n) is 5.82. The van der Waals surface area contributed by atoms with Crippen LogP contribution in [0.25, 0.3) is 0 Å². The van der Waals surface area contributed by atoms with Crippen molar-refractivity contribution in [2.24, 2.45) is 0 Å². The Morgan fingerprint density at radius 1 is 1.12 bits per heavy atom. The fourth-order valence-electron chi connectivity index (χ4n) is 4.37. The molecule has 2 fully saturated rings. The van der Waals surface area contributed by atoms with Gasteiger partial charge in [-0.3, -0.25) is 19.3 Å². The fraction of sp³-hybridized carbons (Fsp3) is 0.526. The summed E-state index contributed by atoms with van der Waals surface area (Å²) < 4.78 is 0. The number of nitrogens with one attached hydrogen (secondary N) is 1. The molecule has 4 rings (SSSR count). The first-order valence-corrected chi connectivity index (χ1v) is 9.01. The summed E-state index contributed by atoms with van der Waals surface area (Å²) in [6, 6.07) is 8.12. The average molecular weight is 378 g/mol. The molecule has 0 radical (unpaired) electrons. The van der Waals surface area contributed by atoms with E-state index in [9.17, 15) is 14.4 Å². The summed E-state index contributed by atoms with van der Waals surface area (Å²) in [5.41, 5.74) is 0.867. The Morgan fingerprint density at radius 2 is 1.65 bits per heavy atom. The molecule has 3 aliphatic heterocycles. The lowest BCUT2D eigenvalue weighted by atomic mass is 9.98. The number of carbonyl (C=O) groups is 3. The zero-order valence-electron chi connectivity index (χ0n) is 14.8. The molecule has 6 nitrogen and oxygen atoms in total. The lowest BCUT2D eigenvalue weighted by Gasteiger charge is -2.35. The molecule has 1 aromatic rings. The van der Waals surface area contributed by atoms with Gasteiger partial charge in [0.15, 0.2) is 0 Å². The number of imide groups is 1. The van der Waals surface area contributed by atoms with E-state index in [1.54, 1.807) is 24.3 Å². The number of benzene rings is 1. The Balaban J connectivity index is 0.00000196. The molecule has 7 heteroatoms. The van der Waals surface area contributed by atoms with Gasteiger partial charge in [-0.1, -0.05) is 12.1 Å². The van der Waals surface area contributed by atoms with Crippen LogP contribution >= 0.6 is 12.4 Å². The molecule has 0 spiro atoms. The molecule has 26 heavy (non-hydrogen) atoms. The smallest absolute Gasteiger partial charge is 0.261 e. The van der Waals surface area contributed by atoms with Crippen molar-refractivity contribution in [3.63, 3.8) is 0 Å². The van der Waals surface area contributed by atoms with Crippen LogP contribution < -0.4 is 5.32 Å². The Hall–Kier alpha value is -1.92. The van der Waals surface area contributed by atoms with Gasteiger partial charge in [-0.05, 0) is 37.8 Å². The van der Waals surface area contributed by atoms with E-state index in [1.807, 2.05) is 11.9 Å². The second kappa shape index (κ2) is 7.37. The maximum Gasteiger partial charge on any atom is 0.261 e. The Bertz CT molecular complexity index is 691. The highest BCUT2D eigenvalue weighted by atomic mass is 35.5. The number of hydrogen-bond donors (Lipinski definition) is 1. The van der Waals surface area contributed by atoms with Crippen LogP contribution in [0.2, 0.25) is 0 Å². The first-order chi connectivity index (χ1) is 12.0. The van der Waals surface area contributed by atoms with Gasteiger partial charge in [-0.25, -0.2) is 0 Å². The number of halogens is 1. The maximum atomic E-state index is 12.6. The molecule has 3 aliphatic rings. The van der Waals surface area contributed by atoms with Gasteiger partial charge in [0, 0.05) is 38.1 Å². The fourth-order valence-corrected chi connectivity index (χ4v) is 4.37. The van der Waals surface area contributed by atoms with Gasteiger partial charge in [0.05, 0.1) is 11.1 Å². The van der Waals surface area contributed by atoms with Crippen molar-refractivity contribution in [2.75, 3.05) is 13.6 Å². The molecule has 2 atom stereocenters. The summed E-state index contributed by atoms with van der Waals surface area (Å²) in [7, 11) is 1.85. The van der Waals surface area contributed by atoms with E-state index in [1.165, 1.54) is 17.7 Å².